The average molecular weight is 387 g/mol. The summed E-state index contributed by atoms with van der Waals surface area (Å²) >= 11 is 0. The van der Waals surface area contributed by atoms with Gasteiger partial charge in [0.2, 0.25) is 0 Å². The third-order valence-corrected chi connectivity index (χ3v) is 5.38. The van der Waals surface area contributed by atoms with Gasteiger partial charge in [-0.05, 0) is 49.9 Å². The van der Waals surface area contributed by atoms with Crippen LogP contribution < -0.4 is 5.73 Å². The molecule has 1 fully saturated rings. The van der Waals surface area contributed by atoms with E-state index in [2.05, 4.69) is 6.92 Å². The molecule has 0 radical (unpaired) electrons. The monoisotopic (exact) mass is 386 g/mol. The van der Waals surface area contributed by atoms with Crippen LogP contribution >= 0.6 is 12.4 Å². The number of hydrogen-bond acceptors (Lipinski definition) is 3. The third-order valence-electron chi connectivity index (χ3n) is 5.38. The van der Waals surface area contributed by atoms with Gasteiger partial charge in [-0.25, -0.2) is 0 Å². The minimum Gasteiger partial charge on any atom is -0.338 e. The predicted molar refractivity (Wildman–Crippen MR) is 111 cm³/mol. The molecule has 5 heteroatoms. The molecule has 0 bridgehead atoms. The molecule has 0 aliphatic carbocycles. The molecule has 2 aromatic rings. The van der Waals surface area contributed by atoms with Crippen LogP contribution in [0.5, 0.6) is 0 Å². The van der Waals surface area contributed by atoms with Gasteiger partial charge in [-0.15, -0.1) is 12.4 Å². The van der Waals surface area contributed by atoms with Crippen LogP contribution in [0.25, 0.3) is 0 Å². The minimum absolute atomic E-state index is 0. The number of benzene rings is 2. The fourth-order valence-corrected chi connectivity index (χ4v) is 3.53. The van der Waals surface area contributed by atoms with Crippen LogP contribution in [0, 0.1) is 19.3 Å². The first-order valence-corrected chi connectivity index (χ1v) is 9.05. The Hall–Kier alpha value is -2.17. The van der Waals surface area contributed by atoms with E-state index in [0.29, 0.717) is 36.3 Å². The molecule has 0 spiro atoms. The number of carbonyl (C=O) groups is 2. The number of nitrogens with two attached hydrogens (primary N) is 1. The molecule has 2 aromatic carbocycles. The first-order chi connectivity index (χ1) is 12.3. The summed E-state index contributed by atoms with van der Waals surface area (Å²) in [7, 11) is 0. The highest BCUT2D eigenvalue weighted by Crippen LogP contribution is 2.30. The number of likely N-dealkylation sites (tertiary alicyclic amines) is 1. The second-order valence-electron chi connectivity index (χ2n) is 7.68. The largest absolute Gasteiger partial charge is 0.338 e. The Labute approximate surface area is 167 Å². The van der Waals surface area contributed by atoms with Crippen LogP contribution in [0.15, 0.2) is 42.5 Å². The zero-order valence-electron chi connectivity index (χ0n) is 16.1. The van der Waals surface area contributed by atoms with E-state index in [1.165, 1.54) is 0 Å². The van der Waals surface area contributed by atoms with Crippen molar-refractivity contribution in [2.24, 2.45) is 11.1 Å². The van der Waals surface area contributed by atoms with Crippen molar-refractivity contribution in [3.05, 3.63) is 70.3 Å². The zero-order valence-corrected chi connectivity index (χ0v) is 16.9. The van der Waals surface area contributed by atoms with Gasteiger partial charge in [0.05, 0.1) is 5.56 Å². The summed E-state index contributed by atoms with van der Waals surface area (Å²) in [6.07, 6.45) is 0.891. The lowest BCUT2D eigenvalue weighted by Gasteiger charge is -2.23. The van der Waals surface area contributed by atoms with Crippen molar-refractivity contribution in [1.29, 1.82) is 0 Å². The minimum atomic E-state index is -0.101. The van der Waals surface area contributed by atoms with E-state index < -0.39 is 0 Å². The van der Waals surface area contributed by atoms with E-state index in [1.807, 2.05) is 49.1 Å². The van der Waals surface area contributed by atoms with Crippen LogP contribution in [0.4, 0.5) is 0 Å². The van der Waals surface area contributed by atoms with Crippen molar-refractivity contribution < 1.29 is 9.59 Å². The Bertz CT molecular complexity index is 865. The molecule has 1 atom stereocenters. The lowest BCUT2D eigenvalue weighted by atomic mass is 9.90. The number of halogens is 1. The second kappa shape index (κ2) is 8.24. The first-order valence-electron chi connectivity index (χ1n) is 9.05. The highest BCUT2D eigenvalue weighted by molar-refractivity contribution is 6.16. The molecule has 3 rings (SSSR count). The Morgan fingerprint density at radius 3 is 2.37 bits per heavy atom. The Kier molecular flexibility index (Phi) is 6.45. The Morgan fingerprint density at radius 1 is 1.07 bits per heavy atom. The summed E-state index contributed by atoms with van der Waals surface area (Å²) in [5, 5.41) is 0. The van der Waals surface area contributed by atoms with Crippen LogP contribution in [-0.2, 0) is 0 Å². The maximum Gasteiger partial charge on any atom is 0.254 e. The highest BCUT2D eigenvalue weighted by Gasteiger charge is 2.36. The van der Waals surface area contributed by atoms with Crippen LogP contribution in [0.3, 0.4) is 0 Å². The highest BCUT2D eigenvalue weighted by atomic mass is 35.5. The van der Waals surface area contributed by atoms with Gasteiger partial charge in [0.1, 0.15) is 0 Å². The van der Waals surface area contributed by atoms with E-state index in [-0.39, 0.29) is 29.5 Å². The summed E-state index contributed by atoms with van der Waals surface area (Å²) < 4.78 is 0. The maximum atomic E-state index is 13.2. The number of nitrogens with zero attached hydrogens (tertiary/aromatic N) is 1. The molecule has 1 saturated heterocycles. The van der Waals surface area contributed by atoms with Crippen LogP contribution in [-0.4, -0.2) is 36.2 Å². The standard InChI is InChI=1S/C22H26N2O2.ClH/c1-15-8-9-16(2)19(12-15)20(25)17-6-4-5-7-18(17)21(26)24-11-10-22(3,13-23)14-24;/h4-9,12H,10-11,13-14,23H2,1-3H3;1H. The summed E-state index contributed by atoms with van der Waals surface area (Å²) in [5.74, 6) is -0.188. The van der Waals surface area contributed by atoms with Gasteiger partial charge in [0.15, 0.2) is 5.78 Å². The van der Waals surface area contributed by atoms with Gasteiger partial charge in [0.25, 0.3) is 5.91 Å². The van der Waals surface area contributed by atoms with Gasteiger partial charge in [0, 0.05) is 24.2 Å². The molecule has 0 aromatic heterocycles. The first kappa shape index (κ1) is 21.1. The summed E-state index contributed by atoms with van der Waals surface area (Å²) in [4.78, 5) is 28.1. The van der Waals surface area contributed by atoms with Crippen LogP contribution in [0.1, 0.15) is 50.8 Å². The predicted octanol–water partition coefficient (Wildman–Crippen LogP) is 3.77. The zero-order chi connectivity index (χ0) is 18.9. The fourth-order valence-electron chi connectivity index (χ4n) is 3.53. The Balaban J connectivity index is 0.00000261. The summed E-state index contributed by atoms with van der Waals surface area (Å²) in [6, 6.07) is 12.9. The topological polar surface area (TPSA) is 63.4 Å². The molecule has 144 valence electrons. The van der Waals surface area contributed by atoms with Crippen molar-refractivity contribution in [3.8, 4) is 0 Å². The molecule has 1 amide bonds. The Morgan fingerprint density at radius 2 is 1.74 bits per heavy atom. The SMILES string of the molecule is Cc1ccc(C)c(C(=O)c2ccccc2C(=O)N2CCC(C)(CN)C2)c1.Cl. The fraction of sp³-hybridized carbons (Fsp3) is 0.364. The van der Waals surface area contributed by atoms with Crippen molar-refractivity contribution in [3.63, 3.8) is 0 Å². The number of ketones is 1. The van der Waals surface area contributed by atoms with Crippen LogP contribution in [0.2, 0.25) is 0 Å². The number of carbonyl (C=O) groups excluding carboxylic acids is 2. The molecule has 0 saturated carbocycles. The van der Waals surface area contributed by atoms with E-state index in [4.69, 9.17) is 5.73 Å². The molecule has 4 nitrogen and oxygen atoms in total. The molecule has 1 unspecified atom stereocenters. The molecular weight excluding hydrogens is 360 g/mol. The average Bonchev–Trinajstić information content (AvgIpc) is 3.05. The summed E-state index contributed by atoms with van der Waals surface area (Å²) in [6.45, 7) is 7.86. The normalized spacial score (nSPS) is 18.9. The smallest absolute Gasteiger partial charge is 0.254 e. The van der Waals surface area contributed by atoms with E-state index in [0.717, 1.165) is 17.5 Å². The van der Waals surface area contributed by atoms with Gasteiger partial charge in [-0.1, -0.05) is 42.8 Å². The number of hydrogen-bond donors (Lipinski definition) is 1. The molecule has 1 aliphatic heterocycles. The lowest BCUT2D eigenvalue weighted by molar-refractivity contribution is 0.0772. The quantitative estimate of drug-likeness (QED) is 0.813. The summed E-state index contributed by atoms with van der Waals surface area (Å²) in [5.41, 5.74) is 9.36. The van der Waals surface area contributed by atoms with Gasteiger partial charge < -0.3 is 10.6 Å². The van der Waals surface area contributed by atoms with E-state index in [1.54, 1.807) is 12.1 Å². The van der Waals surface area contributed by atoms with Gasteiger partial charge in [-0.2, -0.15) is 0 Å². The third kappa shape index (κ3) is 4.23. The molecule has 1 heterocycles. The number of rotatable bonds is 4. The number of amides is 1. The van der Waals surface area contributed by atoms with Gasteiger partial charge >= 0.3 is 0 Å². The van der Waals surface area contributed by atoms with E-state index in [9.17, 15) is 9.59 Å². The lowest BCUT2D eigenvalue weighted by Crippen LogP contribution is -2.35. The molecular formula is C22H27ClN2O2. The van der Waals surface area contributed by atoms with Crippen molar-refractivity contribution in [1.82, 2.24) is 4.90 Å². The van der Waals surface area contributed by atoms with Crippen molar-refractivity contribution in [2.45, 2.75) is 27.2 Å². The van der Waals surface area contributed by atoms with Crippen molar-refractivity contribution >= 4 is 24.1 Å². The van der Waals surface area contributed by atoms with Crippen molar-refractivity contribution in [2.75, 3.05) is 19.6 Å². The number of aryl methyl sites for hydroxylation is 2. The molecule has 27 heavy (non-hydrogen) atoms. The van der Waals surface area contributed by atoms with E-state index >= 15 is 0 Å². The molecule has 2 N–H and O–H groups in total. The molecule has 1 aliphatic rings. The van der Waals surface area contributed by atoms with Gasteiger partial charge in [-0.3, -0.25) is 9.59 Å². The second-order valence-corrected chi connectivity index (χ2v) is 7.68. The maximum absolute atomic E-state index is 13.2.